The van der Waals surface area contributed by atoms with Gasteiger partial charge in [-0.3, -0.25) is 14.6 Å². The molecule has 5 rings (SSSR count). The lowest BCUT2D eigenvalue weighted by Crippen LogP contribution is -2.28. The van der Waals surface area contributed by atoms with Gasteiger partial charge in [0.2, 0.25) is 0 Å². The lowest BCUT2D eigenvalue weighted by Gasteiger charge is -2.14. The number of aryl methyl sites for hydroxylation is 1. The second-order valence-corrected chi connectivity index (χ2v) is 10.0. The summed E-state index contributed by atoms with van der Waals surface area (Å²) in [4.78, 5) is 35.1. The summed E-state index contributed by atoms with van der Waals surface area (Å²) >= 11 is 0. The van der Waals surface area contributed by atoms with Gasteiger partial charge in [-0.15, -0.1) is 0 Å². The Morgan fingerprint density at radius 1 is 0.976 bits per heavy atom. The third-order valence-corrected chi connectivity index (χ3v) is 6.88. The Labute approximate surface area is 236 Å². The first kappa shape index (κ1) is 28.0. The van der Waals surface area contributed by atoms with Gasteiger partial charge in [-0.05, 0) is 93.8 Å². The van der Waals surface area contributed by atoms with E-state index in [1.165, 1.54) is 43.3 Å². The molecule has 212 valence electrons. The maximum atomic E-state index is 14.6. The molecule has 1 aliphatic rings. The van der Waals surface area contributed by atoms with Gasteiger partial charge < -0.3 is 25.3 Å². The average molecular weight is 560 g/mol. The van der Waals surface area contributed by atoms with Crippen LogP contribution >= 0.6 is 0 Å². The number of nitrogens with zero attached hydrogens (tertiary/aromatic N) is 2. The number of amides is 2. The fourth-order valence-corrected chi connectivity index (χ4v) is 4.69. The Kier molecular flexibility index (Phi) is 8.69. The van der Waals surface area contributed by atoms with Gasteiger partial charge in [-0.25, -0.2) is 8.78 Å². The first-order chi connectivity index (χ1) is 19.9. The van der Waals surface area contributed by atoms with Gasteiger partial charge in [-0.1, -0.05) is 6.07 Å². The van der Waals surface area contributed by atoms with Crippen LogP contribution in [0.4, 0.5) is 14.5 Å². The van der Waals surface area contributed by atoms with Crippen LogP contribution in [0.15, 0.2) is 67.0 Å². The van der Waals surface area contributed by atoms with E-state index in [1.807, 2.05) is 0 Å². The van der Waals surface area contributed by atoms with Crippen molar-refractivity contribution in [3.05, 3.63) is 95.3 Å². The molecule has 0 spiro atoms. The number of halogens is 2. The summed E-state index contributed by atoms with van der Waals surface area (Å²) in [5.74, 6) is -1.94. The molecule has 2 aromatic carbocycles. The summed E-state index contributed by atoms with van der Waals surface area (Å²) in [6.45, 7) is 5.62. The first-order valence-electron chi connectivity index (χ1n) is 13.6. The van der Waals surface area contributed by atoms with Crippen LogP contribution in [0.5, 0.6) is 11.5 Å². The highest BCUT2D eigenvalue weighted by molar-refractivity contribution is 6.04. The topological polar surface area (TPSA) is 99.3 Å². The minimum Gasteiger partial charge on any atom is -0.454 e. The predicted molar refractivity (Wildman–Crippen MR) is 152 cm³/mol. The number of pyridine rings is 1. The SMILES string of the molecule is Cc1ccc(F)c(NC(=O)c2ccc(F)c(Oc3ccnc(-c4cc(C(=O)NCCCN5CCCC5)c[nH]4)c3)c2)c1. The molecule has 0 unspecified atom stereocenters. The molecule has 10 heteroatoms. The van der Waals surface area contributed by atoms with Crippen LogP contribution in [0.3, 0.4) is 0 Å². The van der Waals surface area contributed by atoms with Crippen molar-refractivity contribution in [1.82, 2.24) is 20.2 Å². The number of rotatable bonds is 10. The van der Waals surface area contributed by atoms with Crippen molar-refractivity contribution in [2.24, 2.45) is 0 Å². The molecular weight excluding hydrogens is 528 g/mol. The highest BCUT2D eigenvalue weighted by Crippen LogP contribution is 2.29. The van der Waals surface area contributed by atoms with Crippen LogP contribution in [0.25, 0.3) is 11.4 Å². The van der Waals surface area contributed by atoms with Crippen molar-refractivity contribution >= 4 is 17.5 Å². The number of ether oxygens (including phenoxy) is 1. The zero-order chi connectivity index (χ0) is 28.8. The number of anilines is 1. The van der Waals surface area contributed by atoms with Gasteiger partial charge in [-0.2, -0.15) is 0 Å². The molecule has 3 heterocycles. The standard InChI is InChI=1S/C31H31F2N5O3/c1-20-5-7-24(32)26(15-20)37-31(40)21-6-8-25(33)29(17-21)41-23-9-11-34-28(18-23)27-16-22(19-36-27)30(39)35-10-4-14-38-12-2-3-13-38/h5-9,11,15-19,36H,2-4,10,12-14H2,1H3,(H,35,39)(H,37,40). The molecule has 4 aromatic rings. The molecule has 0 aliphatic carbocycles. The zero-order valence-corrected chi connectivity index (χ0v) is 22.7. The summed E-state index contributed by atoms with van der Waals surface area (Å²) in [5.41, 5.74) is 2.45. The molecular formula is C31H31F2N5O3. The first-order valence-corrected chi connectivity index (χ1v) is 13.6. The van der Waals surface area contributed by atoms with Gasteiger partial charge in [0, 0.05) is 30.6 Å². The summed E-state index contributed by atoms with van der Waals surface area (Å²) in [7, 11) is 0. The number of H-pyrrole nitrogens is 1. The van der Waals surface area contributed by atoms with Crippen LogP contribution < -0.4 is 15.4 Å². The van der Waals surface area contributed by atoms with E-state index in [2.05, 4.69) is 25.5 Å². The fraction of sp³-hybridized carbons (Fsp3) is 0.258. The monoisotopic (exact) mass is 559 g/mol. The Balaban J connectivity index is 1.22. The van der Waals surface area contributed by atoms with Crippen molar-refractivity contribution in [1.29, 1.82) is 0 Å². The van der Waals surface area contributed by atoms with Crippen molar-refractivity contribution < 1.29 is 23.1 Å². The number of benzene rings is 2. The predicted octanol–water partition coefficient (Wildman–Crippen LogP) is 5.92. The minimum absolute atomic E-state index is 0.0293. The van der Waals surface area contributed by atoms with Gasteiger partial charge in [0.15, 0.2) is 11.6 Å². The highest BCUT2D eigenvalue weighted by atomic mass is 19.1. The number of carbonyl (C=O) groups excluding carboxylic acids is 2. The van der Waals surface area contributed by atoms with E-state index < -0.39 is 17.5 Å². The number of hydrogen-bond acceptors (Lipinski definition) is 5. The van der Waals surface area contributed by atoms with Crippen molar-refractivity contribution in [2.45, 2.75) is 26.2 Å². The van der Waals surface area contributed by atoms with E-state index in [-0.39, 0.29) is 28.7 Å². The van der Waals surface area contributed by atoms with Crippen LogP contribution in [0.2, 0.25) is 0 Å². The third kappa shape index (κ3) is 7.15. The van der Waals surface area contributed by atoms with Crippen molar-refractivity contribution in [3.8, 4) is 22.9 Å². The normalized spacial score (nSPS) is 13.2. The smallest absolute Gasteiger partial charge is 0.255 e. The number of nitrogens with one attached hydrogen (secondary N) is 3. The second-order valence-electron chi connectivity index (χ2n) is 10.0. The summed E-state index contributed by atoms with van der Waals surface area (Å²) in [5, 5.41) is 5.46. The van der Waals surface area contributed by atoms with Crippen LogP contribution in [0, 0.1) is 18.6 Å². The fourth-order valence-electron chi connectivity index (χ4n) is 4.69. The Morgan fingerprint density at radius 2 is 1.78 bits per heavy atom. The quantitative estimate of drug-likeness (QED) is 0.210. The summed E-state index contributed by atoms with van der Waals surface area (Å²) < 4.78 is 34.4. The maximum absolute atomic E-state index is 14.6. The second kappa shape index (κ2) is 12.7. The molecule has 8 nitrogen and oxygen atoms in total. The van der Waals surface area contributed by atoms with Crippen LogP contribution in [-0.4, -0.2) is 52.9 Å². The van der Waals surface area contributed by atoms with Crippen molar-refractivity contribution in [2.75, 3.05) is 31.5 Å². The Hall–Kier alpha value is -4.57. The van der Waals surface area contributed by atoms with Gasteiger partial charge in [0.25, 0.3) is 11.8 Å². The van der Waals surface area contributed by atoms with Gasteiger partial charge in [0.1, 0.15) is 11.6 Å². The van der Waals surface area contributed by atoms with E-state index in [0.717, 1.165) is 37.7 Å². The van der Waals surface area contributed by atoms with Gasteiger partial charge in [0.05, 0.1) is 22.6 Å². The number of aromatic nitrogens is 2. The maximum Gasteiger partial charge on any atom is 0.255 e. The molecule has 2 amide bonds. The Bertz CT molecular complexity index is 1550. The number of aromatic amines is 1. The van der Waals surface area contributed by atoms with Crippen LogP contribution in [-0.2, 0) is 0 Å². The van der Waals surface area contributed by atoms with Gasteiger partial charge >= 0.3 is 0 Å². The molecule has 0 saturated carbocycles. The third-order valence-electron chi connectivity index (χ3n) is 6.88. The van der Waals surface area contributed by atoms with Crippen molar-refractivity contribution in [3.63, 3.8) is 0 Å². The molecule has 41 heavy (non-hydrogen) atoms. The molecule has 0 atom stereocenters. The number of likely N-dealkylation sites (tertiary alicyclic amines) is 1. The lowest BCUT2D eigenvalue weighted by atomic mass is 10.1. The molecule has 2 aromatic heterocycles. The molecule has 1 saturated heterocycles. The number of carbonyl (C=O) groups is 2. The van der Waals surface area contributed by atoms with E-state index in [1.54, 1.807) is 37.4 Å². The average Bonchev–Trinajstić information content (AvgIpc) is 3.67. The van der Waals surface area contributed by atoms with E-state index >= 15 is 0 Å². The highest BCUT2D eigenvalue weighted by Gasteiger charge is 2.16. The Morgan fingerprint density at radius 3 is 2.61 bits per heavy atom. The largest absolute Gasteiger partial charge is 0.454 e. The molecule has 0 bridgehead atoms. The molecule has 0 radical (unpaired) electrons. The van der Waals surface area contributed by atoms with E-state index in [0.29, 0.717) is 23.5 Å². The van der Waals surface area contributed by atoms with E-state index in [9.17, 15) is 18.4 Å². The van der Waals surface area contributed by atoms with Crippen LogP contribution in [0.1, 0.15) is 45.5 Å². The molecule has 3 N–H and O–H groups in total. The molecule has 1 fully saturated rings. The summed E-state index contributed by atoms with van der Waals surface area (Å²) in [6.07, 6.45) is 6.49. The molecule has 1 aliphatic heterocycles. The summed E-state index contributed by atoms with van der Waals surface area (Å²) in [6, 6.07) is 12.9. The lowest BCUT2D eigenvalue weighted by molar-refractivity contribution is 0.0951. The zero-order valence-electron chi connectivity index (χ0n) is 22.7. The van der Waals surface area contributed by atoms with E-state index in [4.69, 9.17) is 4.74 Å². The minimum atomic E-state index is -0.676. The number of hydrogen-bond donors (Lipinski definition) is 3.